The fourth-order valence-electron chi connectivity index (χ4n) is 3.62. The molecule has 0 bridgehead atoms. The highest BCUT2D eigenvalue weighted by Gasteiger charge is 2.19. The minimum Gasteiger partial charge on any atom is -0.480 e. The summed E-state index contributed by atoms with van der Waals surface area (Å²) in [5.41, 5.74) is 5.20. The average molecular weight is 400 g/mol. The number of rotatable bonds is 8. The van der Waals surface area contributed by atoms with Crippen molar-refractivity contribution < 1.29 is 14.6 Å². The van der Waals surface area contributed by atoms with Crippen molar-refractivity contribution >= 4 is 23.1 Å². The molecule has 0 radical (unpaired) electrons. The van der Waals surface area contributed by atoms with E-state index in [2.05, 4.69) is 35.2 Å². The fourth-order valence-corrected chi connectivity index (χ4v) is 3.87. The summed E-state index contributed by atoms with van der Waals surface area (Å²) in [5, 5.41) is 9.44. The third-order valence-corrected chi connectivity index (χ3v) is 5.42. The summed E-state index contributed by atoms with van der Waals surface area (Å²) in [5.74, 6) is -0.922. The molecule has 28 heavy (non-hydrogen) atoms. The standard InChI is InChI=1S/C23H26ClNO3/c24-22-9-5-4-8-20(22)21(16-18-6-2-1-3-7-18)19-10-12-25(13-11-19)14-15-28-17-23(26)27/h1-9H,10-17H2,(H,26,27). The van der Waals surface area contributed by atoms with Crippen molar-refractivity contribution in [2.75, 3.05) is 32.8 Å². The Bertz CT molecular complexity index is 810. The van der Waals surface area contributed by atoms with Crippen LogP contribution >= 0.6 is 11.6 Å². The second kappa shape index (κ2) is 10.4. The van der Waals surface area contributed by atoms with Crippen molar-refractivity contribution in [2.45, 2.75) is 19.3 Å². The second-order valence-electron chi connectivity index (χ2n) is 7.01. The van der Waals surface area contributed by atoms with Gasteiger partial charge in [0.15, 0.2) is 0 Å². The predicted molar refractivity (Wildman–Crippen MR) is 113 cm³/mol. The van der Waals surface area contributed by atoms with Crippen LogP contribution in [0.3, 0.4) is 0 Å². The molecule has 1 N–H and O–H groups in total. The Morgan fingerprint density at radius 1 is 1.04 bits per heavy atom. The lowest BCUT2D eigenvalue weighted by Gasteiger charge is -2.30. The summed E-state index contributed by atoms with van der Waals surface area (Å²) in [6, 6.07) is 18.6. The summed E-state index contributed by atoms with van der Waals surface area (Å²) >= 11 is 6.53. The molecule has 3 rings (SSSR count). The van der Waals surface area contributed by atoms with Crippen molar-refractivity contribution in [3.05, 3.63) is 76.3 Å². The first-order valence-electron chi connectivity index (χ1n) is 9.65. The van der Waals surface area contributed by atoms with Gasteiger partial charge in [0.2, 0.25) is 0 Å². The molecule has 0 unspecified atom stereocenters. The Morgan fingerprint density at radius 2 is 1.71 bits per heavy atom. The molecule has 0 spiro atoms. The second-order valence-corrected chi connectivity index (χ2v) is 7.42. The van der Waals surface area contributed by atoms with E-state index >= 15 is 0 Å². The van der Waals surface area contributed by atoms with E-state index in [-0.39, 0.29) is 6.61 Å². The molecule has 148 valence electrons. The molecular weight excluding hydrogens is 374 g/mol. The number of carbonyl (C=O) groups is 1. The average Bonchev–Trinajstić information content (AvgIpc) is 2.71. The summed E-state index contributed by atoms with van der Waals surface area (Å²) in [4.78, 5) is 12.9. The van der Waals surface area contributed by atoms with Crippen LogP contribution in [-0.4, -0.2) is 48.8 Å². The molecule has 1 aliphatic heterocycles. The van der Waals surface area contributed by atoms with E-state index in [0.717, 1.165) is 49.5 Å². The summed E-state index contributed by atoms with van der Waals surface area (Å²) in [6.45, 7) is 2.89. The van der Waals surface area contributed by atoms with Gasteiger partial charge in [-0.05, 0) is 42.0 Å². The molecule has 0 aromatic heterocycles. The number of piperidine rings is 1. The predicted octanol–water partition coefficient (Wildman–Crippen LogP) is 4.53. The maximum atomic E-state index is 10.5. The van der Waals surface area contributed by atoms with E-state index < -0.39 is 5.97 Å². The number of halogens is 1. The quantitative estimate of drug-likeness (QED) is 0.662. The Kier molecular flexibility index (Phi) is 7.66. The number of benzene rings is 2. The van der Waals surface area contributed by atoms with Crippen LogP contribution in [0.15, 0.2) is 60.2 Å². The number of nitrogens with zero attached hydrogens (tertiary/aromatic N) is 1. The summed E-state index contributed by atoms with van der Waals surface area (Å²) < 4.78 is 5.17. The Hall–Kier alpha value is -2.14. The molecule has 0 saturated carbocycles. The molecule has 2 aromatic carbocycles. The number of aliphatic carboxylic acids is 1. The zero-order valence-electron chi connectivity index (χ0n) is 15.9. The molecule has 1 aliphatic rings. The van der Waals surface area contributed by atoms with Crippen molar-refractivity contribution in [3.63, 3.8) is 0 Å². The molecule has 0 aliphatic carbocycles. The van der Waals surface area contributed by atoms with Gasteiger partial charge in [0, 0.05) is 24.7 Å². The Balaban J connectivity index is 1.71. The van der Waals surface area contributed by atoms with Gasteiger partial charge in [-0.1, -0.05) is 65.7 Å². The van der Waals surface area contributed by atoms with Gasteiger partial charge in [-0.25, -0.2) is 4.79 Å². The molecule has 0 amide bonds. The molecule has 1 heterocycles. The highest BCUT2D eigenvalue weighted by atomic mass is 35.5. The van der Waals surface area contributed by atoms with Crippen molar-refractivity contribution in [1.82, 2.24) is 4.90 Å². The van der Waals surface area contributed by atoms with Crippen LogP contribution in [0.5, 0.6) is 0 Å². The number of ether oxygens (including phenoxy) is 1. The maximum Gasteiger partial charge on any atom is 0.329 e. The van der Waals surface area contributed by atoms with Gasteiger partial charge in [0.25, 0.3) is 0 Å². The third kappa shape index (κ3) is 5.93. The number of carboxylic acids is 1. The zero-order chi connectivity index (χ0) is 19.8. The number of hydrogen-bond donors (Lipinski definition) is 1. The Labute approximate surface area is 171 Å². The van der Waals surface area contributed by atoms with Gasteiger partial charge in [-0.15, -0.1) is 0 Å². The molecule has 1 saturated heterocycles. The largest absolute Gasteiger partial charge is 0.480 e. The van der Waals surface area contributed by atoms with E-state index in [1.54, 1.807) is 0 Å². The minimum absolute atomic E-state index is 0.229. The lowest BCUT2D eigenvalue weighted by molar-refractivity contribution is -0.142. The molecule has 0 atom stereocenters. The zero-order valence-corrected chi connectivity index (χ0v) is 16.7. The van der Waals surface area contributed by atoms with E-state index in [4.69, 9.17) is 21.4 Å². The van der Waals surface area contributed by atoms with Gasteiger partial charge in [-0.3, -0.25) is 0 Å². The minimum atomic E-state index is -0.922. The smallest absolute Gasteiger partial charge is 0.329 e. The Morgan fingerprint density at radius 3 is 2.39 bits per heavy atom. The van der Waals surface area contributed by atoms with Gasteiger partial charge < -0.3 is 14.7 Å². The molecule has 5 heteroatoms. The highest BCUT2D eigenvalue weighted by Crippen LogP contribution is 2.33. The monoisotopic (exact) mass is 399 g/mol. The first-order valence-corrected chi connectivity index (χ1v) is 10.0. The van der Waals surface area contributed by atoms with Crippen LogP contribution in [0, 0.1) is 0 Å². The molecule has 1 fully saturated rings. The number of allylic oxidation sites excluding steroid dienone is 1. The first kappa shape index (κ1) is 20.6. The number of hydrogen-bond acceptors (Lipinski definition) is 3. The molecule has 4 nitrogen and oxygen atoms in total. The van der Waals surface area contributed by atoms with Gasteiger partial charge in [-0.2, -0.15) is 0 Å². The molecule has 2 aromatic rings. The van der Waals surface area contributed by atoms with Crippen LogP contribution < -0.4 is 0 Å². The van der Waals surface area contributed by atoms with E-state index in [9.17, 15) is 4.79 Å². The SMILES string of the molecule is O=C(O)COCCN1CCC(=C(Cc2ccccc2)c2ccccc2Cl)CC1. The fraction of sp³-hybridized carbons (Fsp3) is 0.348. The van der Waals surface area contributed by atoms with Gasteiger partial charge in [0.1, 0.15) is 6.61 Å². The van der Waals surface area contributed by atoms with Crippen LogP contribution in [-0.2, 0) is 16.0 Å². The summed E-state index contributed by atoms with van der Waals surface area (Å²) in [6.07, 6.45) is 2.86. The van der Waals surface area contributed by atoms with E-state index in [1.807, 2.05) is 24.3 Å². The lowest BCUT2D eigenvalue weighted by Crippen LogP contribution is -2.34. The van der Waals surface area contributed by atoms with Gasteiger partial charge in [0.05, 0.1) is 6.61 Å². The van der Waals surface area contributed by atoms with Crippen LogP contribution in [0.1, 0.15) is 24.0 Å². The van der Waals surface area contributed by atoms with E-state index in [1.165, 1.54) is 16.7 Å². The van der Waals surface area contributed by atoms with Crippen molar-refractivity contribution in [1.29, 1.82) is 0 Å². The highest BCUT2D eigenvalue weighted by molar-refractivity contribution is 6.32. The van der Waals surface area contributed by atoms with Gasteiger partial charge >= 0.3 is 5.97 Å². The van der Waals surface area contributed by atoms with Crippen LogP contribution in [0.2, 0.25) is 5.02 Å². The van der Waals surface area contributed by atoms with Crippen LogP contribution in [0.25, 0.3) is 5.57 Å². The van der Waals surface area contributed by atoms with Crippen LogP contribution in [0.4, 0.5) is 0 Å². The van der Waals surface area contributed by atoms with E-state index in [0.29, 0.717) is 6.61 Å². The number of likely N-dealkylation sites (tertiary alicyclic amines) is 1. The third-order valence-electron chi connectivity index (χ3n) is 5.09. The number of carboxylic acid groups (broad SMARTS) is 1. The van der Waals surface area contributed by atoms with Crippen molar-refractivity contribution in [2.24, 2.45) is 0 Å². The first-order chi connectivity index (χ1) is 13.6. The topological polar surface area (TPSA) is 49.8 Å². The lowest BCUT2D eigenvalue weighted by atomic mass is 9.89. The normalized spacial score (nSPS) is 14.8. The maximum absolute atomic E-state index is 10.5. The van der Waals surface area contributed by atoms with Crippen molar-refractivity contribution in [3.8, 4) is 0 Å². The molecular formula is C23H26ClNO3. The summed E-state index contributed by atoms with van der Waals surface area (Å²) in [7, 11) is 0.